The number of H-pyrrole nitrogens is 1. The summed E-state index contributed by atoms with van der Waals surface area (Å²) in [6, 6.07) is 7.39. The van der Waals surface area contributed by atoms with Gasteiger partial charge in [-0.3, -0.25) is 0 Å². The third-order valence-corrected chi connectivity index (χ3v) is 3.90. The Morgan fingerprint density at radius 2 is 2.19 bits per heavy atom. The van der Waals surface area contributed by atoms with Gasteiger partial charge in [-0.05, 0) is 24.6 Å². The molecule has 0 aliphatic heterocycles. The SMILES string of the molecule is CCCCC(CO)(c1ccc[nH]1)c1nc(OC)ccc1N. The van der Waals surface area contributed by atoms with Gasteiger partial charge < -0.3 is 20.6 Å². The average Bonchev–Trinajstić information content (AvgIpc) is 3.05. The lowest BCUT2D eigenvalue weighted by Crippen LogP contribution is -2.34. The summed E-state index contributed by atoms with van der Waals surface area (Å²) in [5.41, 5.74) is 7.67. The zero-order chi connectivity index (χ0) is 15.3. The number of nitrogens with two attached hydrogens (primary N) is 1. The van der Waals surface area contributed by atoms with E-state index in [1.54, 1.807) is 19.2 Å². The normalized spacial score (nSPS) is 13.9. The van der Waals surface area contributed by atoms with Crippen LogP contribution in [0.1, 0.15) is 37.6 Å². The van der Waals surface area contributed by atoms with Gasteiger partial charge in [0.2, 0.25) is 5.88 Å². The molecule has 0 bridgehead atoms. The van der Waals surface area contributed by atoms with E-state index in [4.69, 9.17) is 10.5 Å². The topological polar surface area (TPSA) is 84.2 Å². The molecule has 0 radical (unpaired) electrons. The monoisotopic (exact) mass is 289 g/mol. The number of anilines is 1. The smallest absolute Gasteiger partial charge is 0.213 e. The second-order valence-electron chi connectivity index (χ2n) is 5.22. The van der Waals surface area contributed by atoms with Gasteiger partial charge in [0.25, 0.3) is 0 Å². The number of unbranched alkanes of at least 4 members (excludes halogenated alkanes) is 1. The molecule has 0 aliphatic rings. The van der Waals surface area contributed by atoms with Crippen molar-refractivity contribution < 1.29 is 9.84 Å². The van der Waals surface area contributed by atoms with Crippen molar-refractivity contribution in [3.8, 4) is 5.88 Å². The first-order valence-electron chi connectivity index (χ1n) is 7.23. The van der Waals surface area contributed by atoms with Gasteiger partial charge in [-0.15, -0.1) is 0 Å². The minimum absolute atomic E-state index is 0.0577. The zero-order valence-corrected chi connectivity index (χ0v) is 12.6. The average molecular weight is 289 g/mol. The quantitative estimate of drug-likeness (QED) is 0.731. The molecule has 0 spiro atoms. The van der Waals surface area contributed by atoms with E-state index in [9.17, 15) is 5.11 Å². The van der Waals surface area contributed by atoms with E-state index in [0.717, 1.165) is 25.0 Å². The van der Waals surface area contributed by atoms with Crippen LogP contribution in [0.4, 0.5) is 5.69 Å². The summed E-state index contributed by atoms with van der Waals surface area (Å²) in [7, 11) is 1.57. The Hall–Kier alpha value is -2.01. The van der Waals surface area contributed by atoms with Crippen molar-refractivity contribution in [1.82, 2.24) is 9.97 Å². The maximum absolute atomic E-state index is 10.2. The number of hydrogen-bond acceptors (Lipinski definition) is 4. The molecule has 1 atom stereocenters. The summed E-state index contributed by atoms with van der Waals surface area (Å²) in [4.78, 5) is 7.72. The van der Waals surface area contributed by atoms with E-state index in [1.807, 2.05) is 18.3 Å². The van der Waals surface area contributed by atoms with Crippen LogP contribution in [-0.4, -0.2) is 28.8 Å². The summed E-state index contributed by atoms with van der Waals surface area (Å²) >= 11 is 0. The Bertz CT molecular complexity index is 569. The second-order valence-corrected chi connectivity index (χ2v) is 5.22. The highest BCUT2D eigenvalue weighted by Crippen LogP contribution is 2.38. The van der Waals surface area contributed by atoms with Crippen LogP contribution in [0.5, 0.6) is 5.88 Å². The largest absolute Gasteiger partial charge is 0.481 e. The number of pyridine rings is 1. The van der Waals surface area contributed by atoms with Crippen LogP contribution < -0.4 is 10.5 Å². The minimum atomic E-state index is -0.627. The molecule has 21 heavy (non-hydrogen) atoms. The van der Waals surface area contributed by atoms with Crippen LogP contribution >= 0.6 is 0 Å². The molecule has 0 fully saturated rings. The summed E-state index contributed by atoms with van der Waals surface area (Å²) in [6.45, 7) is 2.07. The molecular weight excluding hydrogens is 266 g/mol. The van der Waals surface area contributed by atoms with Crippen molar-refractivity contribution in [3.63, 3.8) is 0 Å². The van der Waals surface area contributed by atoms with Gasteiger partial charge in [-0.25, -0.2) is 4.98 Å². The minimum Gasteiger partial charge on any atom is -0.481 e. The Balaban J connectivity index is 2.58. The number of nitrogens with one attached hydrogen (secondary N) is 1. The lowest BCUT2D eigenvalue weighted by molar-refractivity contribution is 0.202. The molecular formula is C16H23N3O2. The molecule has 2 aromatic rings. The Labute approximate surface area is 125 Å². The summed E-state index contributed by atoms with van der Waals surface area (Å²) in [5, 5.41) is 10.2. The van der Waals surface area contributed by atoms with Gasteiger partial charge in [-0.2, -0.15) is 0 Å². The van der Waals surface area contributed by atoms with Gasteiger partial charge in [0.05, 0.1) is 30.5 Å². The van der Waals surface area contributed by atoms with E-state index < -0.39 is 5.41 Å². The van der Waals surface area contributed by atoms with Crippen LogP contribution in [-0.2, 0) is 5.41 Å². The number of aliphatic hydroxyl groups excluding tert-OH is 1. The van der Waals surface area contributed by atoms with Gasteiger partial charge in [0, 0.05) is 18.0 Å². The van der Waals surface area contributed by atoms with Crippen molar-refractivity contribution in [1.29, 1.82) is 0 Å². The third kappa shape index (κ3) is 2.88. The van der Waals surface area contributed by atoms with Gasteiger partial charge in [0.1, 0.15) is 0 Å². The number of ether oxygens (including phenoxy) is 1. The number of rotatable bonds is 7. The molecule has 1 unspecified atom stereocenters. The predicted molar refractivity (Wildman–Crippen MR) is 83.4 cm³/mol. The zero-order valence-electron chi connectivity index (χ0n) is 12.6. The van der Waals surface area contributed by atoms with Crippen molar-refractivity contribution >= 4 is 5.69 Å². The van der Waals surface area contributed by atoms with Crippen molar-refractivity contribution in [2.75, 3.05) is 19.5 Å². The number of nitrogens with zero attached hydrogens (tertiary/aromatic N) is 1. The maximum atomic E-state index is 10.2. The first-order valence-corrected chi connectivity index (χ1v) is 7.23. The lowest BCUT2D eigenvalue weighted by Gasteiger charge is -2.32. The molecule has 2 aromatic heterocycles. The number of aromatic nitrogens is 2. The van der Waals surface area contributed by atoms with E-state index in [2.05, 4.69) is 16.9 Å². The van der Waals surface area contributed by atoms with Crippen LogP contribution in [0.2, 0.25) is 0 Å². The van der Waals surface area contributed by atoms with E-state index >= 15 is 0 Å². The van der Waals surface area contributed by atoms with Gasteiger partial charge in [0.15, 0.2) is 0 Å². The highest BCUT2D eigenvalue weighted by atomic mass is 16.5. The van der Waals surface area contributed by atoms with Crippen LogP contribution in [0.25, 0.3) is 0 Å². The highest BCUT2D eigenvalue weighted by molar-refractivity contribution is 5.52. The Kier molecular flexibility index (Phi) is 4.85. The fourth-order valence-corrected chi connectivity index (χ4v) is 2.68. The second kappa shape index (κ2) is 6.63. The van der Waals surface area contributed by atoms with Crippen molar-refractivity contribution in [3.05, 3.63) is 41.9 Å². The fourth-order valence-electron chi connectivity index (χ4n) is 2.68. The summed E-state index contributed by atoms with van der Waals surface area (Å²) in [6.07, 6.45) is 4.62. The summed E-state index contributed by atoms with van der Waals surface area (Å²) < 4.78 is 5.21. The first kappa shape index (κ1) is 15.4. The first-order chi connectivity index (χ1) is 10.2. The van der Waals surface area contributed by atoms with E-state index in [-0.39, 0.29) is 6.61 Å². The molecule has 0 aromatic carbocycles. The van der Waals surface area contributed by atoms with Crippen molar-refractivity contribution in [2.45, 2.75) is 31.6 Å². The fraction of sp³-hybridized carbons (Fsp3) is 0.438. The molecule has 114 valence electrons. The molecule has 0 saturated carbocycles. The molecule has 2 heterocycles. The molecule has 0 saturated heterocycles. The van der Waals surface area contributed by atoms with Gasteiger partial charge >= 0.3 is 0 Å². The number of aromatic amines is 1. The number of nitrogen functional groups attached to an aromatic ring is 1. The summed E-state index contributed by atoms with van der Waals surface area (Å²) in [5.74, 6) is 0.500. The molecule has 4 N–H and O–H groups in total. The molecule has 0 aliphatic carbocycles. The molecule has 2 rings (SSSR count). The number of methoxy groups -OCH3 is 1. The maximum Gasteiger partial charge on any atom is 0.213 e. The molecule has 5 nitrogen and oxygen atoms in total. The molecule has 0 amide bonds. The number of aliphatic hydroxyl groups is 1. The standard InChI is InChI=1S/C16H23N3O2/c1-3-4-9-16(11-20,13-6-5-10-18-13)15-12(17)7-8-14(19-15)21-2/h5-8,10,18,20H,3-4,9,11,17H2,1-2H3. The third-order valence-electron chi connectivity index (χ3n) is 3.90. The van der Waals surface area contributed by atoms with Gasteiger partial charge in [-0.1, -0.05) is 19.8 Å². The molecule has 5 heteroatoms. The Morgan fingerprint density at radius 1 is 1.38 bits per heavy atom. The Morgan fingerprint density at radius 3 is 2.76 bits per heavy atom. The van der Waals surface area contributed by atoms with E-state index in [1.165, 1.54) is 0 Å². The van der Waals surface area contributed by atoms with E-state index in [0.29, 0.717) is 17.3 Å². The van der Waals surface area contributed by atoms with Crippen LogP contribution in [0.15, 0.2) is 30.5 Å². The van der Waals surface area contributed by atoms with Crippen molar-refractivity contribution in [2.24, 2.45) is 0 Å². The predicted octanol–water partition coefficient (Wildman–Crippen LogP) is 2.47. The van der Waals surface area contributed by atoms with Crippen LogP contribution in [0.3, 0.4) is 0 Å². The highest BCUT2D eigenvalue weighted by Gasteiger charge is 2.37. The van der Waals surface area contributed by atoms with Crippen LogP contribution in [0, 0.1) is 0 Å². The number of hydrogen-bond donors (Lipinski definition) is 3. The lowest BCUT2D eigenvalue weighted by atomic mass is 9.76.